The molecule has 10 nitrogen and oxygen atoms in total. The fraction of sp³-hybridized carbons (Fsp3) is 0.688. The SMILES string of the molecule is C=C1[C@H]2[C@H](O[C@@H]3O[C@H](CO)[C@@H](O)[C@@H](O)[C@@H]3O)OC=C(C(=O)O)[C@H]2C[C@@H]1O. The minimum absolute atomic E-state index is 0.0265. The smallest absolute Gasteiger partial charge is 0.334 e. The highest BCUT2D eigenvalue weighted by atomic mass is 16.8. The molecule has 0 aromatic carbocycles. The van der Waals surface area contributed by atoms with E-state index < -0.39 is 67.5 Å². The highest BCUT2D eigenvalue weighted by Crippen LogP contribution is 2.46. The van der Waals surface area contributed by atoms with Crippen LogP contribution in [0.1, 0.15) is 6.42 Å². The Morgan fingerprint density at radius 3 is 2.50 bits per heavy atom. The molecule has 2 aliphatic heterocycles. The van der Waals surface area contributed by atoms with Crippen molar-refractivity contribution in [2.24, 2.45) is 11.8 Å². The Labute approximate surface area is 148 Å². The average molecular weight is 374 g/mol. The van der Waals surface area contributed by atoms with Gasteiger partial charge in [-0.25, -0.2) is 4.79 Å². The molecule has 10 heteroatoms. The van der Waals surface area contributed by atoms with Gasteiger partial charge in [0.05, 0.1) is 30.5 Å². The zero-order valence-corrected chi connectivity index (χ0v) is 13.7. The number of aliphatic carboxylic acids is 1. The molecule has 2 heterocycles. The second kappa shape index (κ2) is 7.24. The molecule has 6 N–H and O–H groups in total. The molecule has 0 bridgehead atoms. The molecule has 0 radical (unpaired) electrons. The number of hydrogen-bond acceptors (Lipinski definition) is 9. The predicted molar refractivity (Wildman–Crippen MR) is 82.2 cm³/mol. The van der Waals surface area contributed by atoms with Crippen molar-refractivity contribution < 1.29 is 49.6 Å². The van der Waals surface area contributed by atoms with Gasteiger partial charge in [-0.15, -0.1) is 0 Å². The van der Waals surface area contributed by atoms with Crippen LogP contribution in [0.15, 0.2) is 24.0 Å². The maximum absolute atomic E-state index is 11.4. The number of aliphatic hydroxyl groups is 5. The molecule has 3 rings (SSSR count). The molecule has 1 aliphatic carbocycles. The number of ether oxygens (including phenoxy) is 3. The molecule has 0 aromatic heterocycles. The van der Waals surface area contributed by atoms with Gasteiger partial charge in [0.15, 0.2) is 6.29 Å². The largest absolute Gasteiger partial charge is 0.478 e. The Balaban J connectivity index is 1.81. The monoisotopic (exact) mass is 374 g/mol. The third-order valence-electron chi connectivity index (χ3n) is 5.15. The van der Waals surface area contributed by atoms with E-state index in [0.29, 0.717) is 5.57 Å². The van der Waals surface area contributed by atoms with Crippen LogP contribution < -0.4 is 0 Å². The van der Waals surface area contributed by atoms with Crippen molar-refractivity contribution >= 4 is 5.97 Å². The van der Waals surface area contributed by atoms with E-state index in [1.54, 1.807) is 0 Å². The van der Waals surface area contributed by atoms with Crippen LogP contribution in [0, 0.1) is 11.8 Å². The first-order valence-corrected chi connectivity index (χ1v) is 8.17. The molecule has 3 aliphatic rings. The van der Waals surface area contributed by atoms with Gasteiger partial charge in [-0.1, -0.05) is 6.58 Å². The van der Waals surface area contributed by atoms with E-state index in [1.807, 2.05) is 0 Å². The quantitative estimate of drug-likeness (QED) is 0.294. The Morgan fingerprint density at radius 1 is 1.19 bits per heavy atom. The van der Waals surface area contributed by atoms with Crippen LogP contribution in [-0.2, 0) is 19.0 Å². The number of carbonyl (C=O) groups is 1. The van der Waals surface area contributed by atoms with Gasteiger partial charge >= 0.3 is 5.97 Å². The summed E-state index contributed by atoms with van der Waals surface area (Å²) in [6.45, 7) is 3.16. The number of carboxylic acid groups (broad SMARTS) is 1. The Bertz CT molecular complexity index is 602. The van der Waals surface area contributed by atoms with Gasteiger partial charge in [-0.2, -0.15) is 0 Å². The van der Waals surface area contributed by atoms with Crippen molar-refractivity contribution in [1.29, 1.82) is 0 Å². The van der Waals surface area contributed by atoms with Crippen molar-refractivity contribution in [3.63, 3.8) is 0 Å². The van der Waals surface area contributed by atoms with Crippen molar-refractivity contribution in [3.8, 4) is 0 Å². The number of fused-ring (bicyclic) bond motifs is 1. The topological polar surface area (TPSA) is 166 Å². The third kappa shape index (κ3) is 3.14. The maximum Gasteiger partial charge on any atom is 0.334 e. The zero-order chi connectivity index (χ0) is 19.2. The second-order valence-corrected chi connectivity index (χ2v) is 6.67. The van der Waals surface area contributed by atoms with Gasteiger partial charge in [-0.05, 0) is 12.0 Å². The van der Waals surface area contributed by atoms with Gasteiger partial charge in [-0.3, -0.25) is 0 Å². The third-order valence-corrected chi connectivity index (χ3v) is 5.15. The molecule has 2 fully saturated rings. The summed E-state index contributed by atoms with van der Waals surface area (Å²) < 4.78 is 16.2. The van der Waals surface area contributed by atoms with E-state index in [9.17, 15) is 35.4 Å². The fourth-order valence-corrected chi connectivity index (χ4v) is 3.65. The molecule has 1 saturated heterocycles. The van der Waals surface area contributed by atoms with Gasteiger partial charge in [0.1, 0.15) is 24.4 Å². The van der Waals surface area contributed by atoms with E-state index in [4.69, 9.17) is 14.2 Å². The van der Waals surface area contributed by atoms with E-state index in [0.717, 1.165) is 6.26 Å². The normalized spacial score (nSPS) is 45.7. The highest BCUT2D eigenvalue weighted by molar-refractivity contribution is 5.87. The van der Waals surface area contributed by atoms with Crippen LogP contribution in [0.3, 0.4) is 0 Å². The second-order valence-electron chi connectivity index (χ2n) is 6.67. The van der Waals surface area contributed by atoms with Gasteiger partial charge in [0.25, 0.3) is 0 Å². The van der Waals surface area contributed by atoms with E-state index in [2.05, 4.69) is 6.58 Å². The minimum atomic E-state index is -1.63. The van der Waals surface area contributed by atoms with Crippen LogP contribution in [0.2, 0.25) is 0 Å². The fourth-order valence-electron chi connectivity index (χ4n) is 3.65. The van der Waals surface area contributed by atoms with E-state index in [-0.39, 0.29) is 12.0 Å². The molecular weight excluding hydrogens is 352 g/mol. The first-order valence-electron chi connectivity index (χ1n) is 8.17. The van der Waals surface area contributed by atoms with Crippen molar-refractivity contribution in [3.05, 3.63) is 24.0 Å². The van der Waals surface area contributed by atoms with E-state index >= 15 is 0 Å². The summed E-state index contributed by atoms with van der Waals surface area (Å²) in [4.78, 5) is 11.4. The standard InChI is InChI=1S/C16H22O10/c1-5-8(18)2-6-7(14(22)23)4-24-15(10(5)6)26-16-13(21)12(20)11(19)9(3-17)25-16/h4,6,8-13,15-21H,1-3H2,(H,22,23)/t6-,8+,9-,10-,11-,12-,13+,15+,16+/m1/s1. The van der Waals surface area contributed by atoms with Crippen molar-refractivity contribution in [2.75, 3.05) is 6.61 Å². The van der Waals surface area contributed by atoms with E-state index in [1.165, 1.54) is 0 Å². The molecule has 1 saturated carbocycles. The van der Waals surface area contributed by atoms with Crippen LogP contribution in [0.4, 0.5) is 0 Å². The first kappa shape index (κ1) is 19.2. The summed E-state index contributed by atoms with van der Waals surface area (Å²) >= 11 is 0. The molecular formula is C16H22O10. The first-order chi connectivity index (χ1) is 12.3. The summed E-state index contributed by atoms with van der Waals surface area (Å²) in [7, 11) is 0. The van der Waals surface area contributed by atoms with Gasteiger partial charge in [0, 0.05) is 5.92 Å². The summed E-state index contributed by atoms with van der Waals surface area (Å²) in [5.41, 5.74) is 0.304. The zero-order valence-electron chi connectivity index (χ0n) is 13.7. The number of hydrogen-bond donors (Lipinski definition) is 6. The summed E-state index contributed by atoms with van der Waals surface area (Å²) in [6.07, 6.45) is -8.28. The summed E-state index contributed by atoms with van der Waals surface area (Å²) in [5.74, 6) is -2.49. The number of rotatable bonds is 4. The Kier molecular flexibility index (Phi) is 5.35. The lowest BCUT2D eigenvalue weighted by atomic mass is 9.85. The van der Waals surface area contributed by atoms with Crippen molar-refractivity contribution in [2.45, 2.75) is 49.5 Å². The van der Waals surface area contributed by atoms with Crippen LogP contribution in [0.25, 0.3) is 0 Å². The molecule has 0 amide bonds. The lowest BCUT2D eigenvalue weighted by molar-refractivity contribution is -0.339. The van der Waals surface area contributed by atoms with Gasteiger partial charge < -0.3 is 44.8 Å². The summed E-state index contributed by atoms with van der Waals surface area (Å²) in [5, 5.41) is 58.3. The Hall–Kier alpha value is -1.53. The van der Waals surface area contributed by atoms with Crippen LogP contribution in [0.5, 0.6) is 0 Å². The van der Waals surface area contributed by atoms with Crippen LogP contribution in [-0.4, -0.2) is 86.3 Å². The number of aliphatic hydroxyl groups excluding tert-OH is 5. The van der Waals surface area contributed by atoms with Gasteiger partial charge in [0.2, 0.25) is 6.29 Å². The average Bonchev–Trinajstić information content (AvgIpc) is 2.90. The van der Waals surface area contributed by atoms with Crippen LogP contribution >= 0.6 is 0 Å². The number of carboxylic acids is 1. The molecule has 0 unspecified atom stereocenters. The Morgan fingerprint density at radius 2 is 1.88 bits per heavy atom. The molecule has 9 atom stereocenters. The lowest BCUT2D eigenvalue weighted by Crippen LogP contribution is -2.60. The molecule has 146 valence electrons. The maximum atomic E-state index is 11.4. The molecule has 26 heavy (non-hydrogen) atoms. The lowest BCUT2D eigenvalue weighted by Gasteiger charge is -2.42. The highest BCUT2D eigenvalue weighted by Gasteiger charge is 2.51. The summed E-state index contributed by atoms with van der Waals surface area (Å²) in [6, 6.07) is 0. The predicted octanol–water partition coefficient (Wildman–Crippen LogP) is -2.32. The minimum Gasteiger partial charge on any atom is -0.478 e. The molecule has 0 spiro atoms. The van der Waals surface area contributed by atoms with Crippen molar-refractivity contribution in [1.82, 2.24) is 0 Å². The molecule has 0 aromatic rings.